The van der Waals surface area contributed by atoms with Crippen LogP contribution >= 0.6 is 11.5 Å². The van der Waals surface area contributed by atoms with Crippen molar-refractivity contribution in [1.29, 1.82) is 0 Å². The third-order valence-electron chi connectivity index (χ3n) is 4.89. The van der Waals surface area contributed by atoms with E-state index in [1.165, 1.54) is 35.8 Å². The minimum Gasteiger partial charge on any atom is -0.497 e. The molecule has 7 nitrogen and oxygen atoms in total. The van der Waals surface area contributed by atoms with Crippen LogP contribution in [0, 0.1) is 5.82 Å². The van der Waals surface area contributed by atoms with E-state index in [-0.39, 0.29) is 18.1 Å². The van der Waals surface area contributed by atoms with Crippen LogP contribution in [0.4, 0.5) is 15.2 Å². The molecule has 2 heterocycles. The molecule has 0 saturated heterocycles. The van der Waals surface area contributed by atoms with Crippen molar-refractivity contribution in [2.24, 2.45) is 0 Å². The highest BCUT2D eigenvalue weighted by Gasteiger charge is 2.17. The Balaban J connectivity index is 1.43. The van der Waals surface area contributed by atoms with E-state index in [9.17, 15) is 9.18 Å². The van der Waals surface area contributed by atoms with Gasteiger partial charge in [-0.25, -0.2) is 9.37 Å². The molecule has 0 saturated carbocycles. The van der Waals surface area contributed by atoms with E-state index in [1.807, 2.05) is 41.3 Å². The molecule has 2 aromatic carbocycles. The topological polar surface area (TPSA) is 80.5 Å². The van der Waals surface area contributed by atoms with Crippen molar-refractivity contribution in [3.63, 3.8) is 0 Å². The van der Waals surface area contributed by atoms with Crippen molar-refractivity contribution in [3.05, 3.63) is 89.9 Å². The van der Waals surface area contributed by atoms with Crippen molar-refractivity contribution in [2.45, 2.75) is 19.4 Å². The third-order valence-corrected chi connectivity index (χ3v) is 5.70. The number of hydrogen-bond acceptors (Lipinski definition) is 7. The lowest BCUT2D eigenvalue weighted by molar-refractivity contribution is -0.116. The van der Waals surface area contributed by atoms with Crippen LogP contribution in [0.15, 0.2) is 71.3 Å². The van der Waals surface area contributed by atoms with E-state index in [2.05, 4.69) is 9.69 Å². The summed E-state index contributed by atoms with van der Waals surface area (Å²) < 4.78 is 28.4. The Kier molecular flexibility index (Phi) is 7.31. The van der Waals surface area contributed by atoms with Gasteiger partial charge in [0, 0.05) is 36.6 Å². The van der Waals surface area contributed by atoms with Crippen LogP contribution in [0.1, 0.15) is 23.6 Å². The van der Waals surface area contributed by atoms with Crippen molar-refractivity contribution < 1.29 is 18.3 Å². The molecule has 0 aliphatic heterocycles. The van der Waals surface area contributed by atoms with Crippen LogP contribution in [-0.2, 0) is 17.8 Å². The van der Waals surface area contributed by atoms with Crippen molar-refractivity contribution in [2.75, 3.05) is 23.9 Å². The molecule has 0 radical (unpaired) electrons. The number of amides is 1. The maximum absolute atomic E-state index is 13.1. The zero-order valence-electron chi connectivity index (χ0n) is 18.0. The summed E-state index contributed by atoms with van der Waals surface area (Å²) in [5.74, 6) is 1.72. The quantitative estimate of drug-likeness (QED) is 0.358. The Morgan fingerprint density at radius 2 is 2.03 bits per heavy atom. The van der Waals surface area contributed by atoms with Crippen molar-refractivity contribution >= 4 is 28.3 Å². The zero-order chi connectivity index (χ0) is 23.0. The Labute approximate surface area is 195 Å². The molecule has 0 aliphatic rings. The summed E-state index contributed by atoms with van der Waals surface area (Å²) in [5.41, 5.74) is 1.60. The van der Waals surface area contributed by atoms with E-state index < -0.39 is 0 Å². The normalized spacial score (nSPS) is 10.7. The van der Waals surface area contributed by atoms with Gasteiger partial charge < -0.3 is 19.4 Å². The largest absolute Gasteiger partial charge is 0.497 e. The second-order valence-electron chi connectivity index (χ2n) is 7.33. The second-order valence-corrected chi connectivity index (χ2v) is 8.06. The summed E-state index contributed by atoms with van der Waals surface area (Å²) in [6, 6.07) is 17.2. The number of methoxy groups -OCH3 is 1. The Bertz CT molecular complexity index is 1180. The molecule has 1 N–H and O–H groups in total. The van der Waals surface area contributed by atoms with Gasteiger partial charge in [0.25, 0.3) is 0 Å². The summed E-state index contributed by atoms with van der Waals surface area (Å²) in [6.07, 6.45) is 2.42. The fraction of sp³-hybridized carbons (Fsp3) is 0.208. The third kappa shape index (κ3) is 6.39. The minimum atomic E-state index is -0.348. The highest BCUT2D eigenvalue weighted by Crippen LogP contribution is 2.23. The molecule has 170 valence electrons. The van der Waals surface area contributed by atoms with Gasteiger partial charge in [-0.1, -0.05) is 12.1 Å². The lowest BCUT2D eigenvalue weighted by atomic mass is 10.1. The summed E-state index contributed by atoms with van der Waals surface area (Å²) in [5, 5.41) is 3.49. The first-order valence-electron chi connectivity index (χ1n) is 10.4. The zero-order valence-corrected chi connectivity index (χ0v) is 18.8. The van der Waals surface area contributed by atoms with E-state index in [0.29, 0.717) is 36.2 Å². The predicted octanol–water partition coefficient (Wildman–Crippen LogP) is 4.91. The van der Waals surface area contributed by atoms with Gasteiger partial charge in [0.1, 0.15) is 23.2 Å². The first kappa shape index (κ1) is 22.5. The number of ether oxygens (including phenoxy) is 1. The number of benzene rings is 2. The fourth-order valence-corrected chi connectivity index (χ4v) is 3.95. The number of nitrogens with zero attached hydrogens (tertiary/aromatic N) is 3. The Morgan fingerprint density at radius 1 is 1.18 bits per heavy atom. The minimum absolute atomic E-state index is 0.174. The first-order chi connectivity index (χ1) is 16.1. The van der Waals surface area contributed by atoms with E-state index in [1.54, 1.807) is 13.4 Å². The van der Waals surface area contributed by atoms with Crippen molar-refractivity contribution in [1.82, 2.24) is 9.36 Å². The molecule has 2 aromatic heterocycles. The number of anilines is 2. The SMILES string of the molecule is COc1cccc(Cc2nsc(N(CCC(=O)Nc3ccc(F)cc3)Cc3ccco3)n2)c1. The summed E-state index contributed by atoms with van der Waals surface area (Å²) >= 11 is 1.28. The van der Waals surface area contributed by atoms with Crippen LogP contribution in [0.2, 0.25) is 0 Å². The standard InChI is InChI=1S/C24H23FN4O3S/c1-31-20-5-2-4-17(14-20)15-22-27-24(33-28-22)29(16-21-6-3-13-32-21)12-11-23(30)26-19-9-7-18(25)8-10-19/h2-10,13-14H,11-12,15-16H2,1H3,(H,26,30). The molecule has 1 amide bonds. The molecule has 9 heteroatoms. The highest BCUT2D eigenvalue weighted by atomic mass is 32.1. The second kappa shape index (κ2) is 10.7. The van der Waals surface area contributed by atoms with Crippen LogP contribution in [-0.4, -0.2) is 28.9 Å². The molecule has 4 aromatic rings. The van der Waals surface area contributed by atoms with Gasteiger partial charge in [-0.15, -0.1) is 0 Å². The predicted molar refractivity (Wildman–Crippen MR) is 125 cm³/mol. The van der Waals surface area contributed by atoms with E-state index in [0.717, 1.165) is 17.1 Å². The van der Waals surface area contributed by atoms with Crippen LogP contribution in [0.25, 0.3) is 0 Å². The molecule has 33 heavy (non-hydrogen) atoms. The summed E-state index contributed by atoms with van der Waals surface area (Å²) in [4.78, 5) is 19.1. The number of hydrogen-bond donors (Lipinski definition) is 1. The Hall–Kier alpha value is -3.72. The molecule has 0 bridgehead atoms. The highest BCUT2D eigenvalue weighted by molar-refractivity contribution is 7.09. The number of aromatic nitrogens is 2. The van der Waals surface area contributed by atoms with Crippen LogP contribution in [0.5, 0.6) is 5.75 Å². The number of nitrogens with one attached hydrogen (secondary N) is 1. The van der Waals surface area contributed by atoms with Gasteiger partial charge >= 0.3 is 0 Å². The van der Waals surface area contributed by atoms with E-state index in [4.69, 9.17) is 14.1 Å². The fourth-order valence-electron chi connectivity index (χ4n) is 3.24. The molecule has 4 rings (SSSR count). The number of halogens is 1. The maximum atomic E-state index is 13.1. The maximum Gasteiger partial charge on any atom is 0.226 e. The van der Waals surface area contributed by atoms with Crippen LogP contribution in [0.3, 0.4) is 0 Å². The van der Waals surface area contributed by atoms with Gasteiger partial charge in [0.15, 0.2) is 0 Å². The molecule has 0 unspecified atom stereocenters. The number of furan rings is 1. The molecular weight excluding hydrogens is 443 g/mol. The van der Waals surface area contributed by atoms with Gasteiger partial charge in [0.2, 0.25) is 11.0 Å². The number of carbonyl (C=O) groups excluding carboxylic acids is 1. The molecular formula is C24H23FN4O3S. The van der Waals surface area contributed by atoms with E-state index >= 15 is 0 Å². The van der Waals surface area contributed by atoms with Crippen molar-refractivity contribution in [3.8, 4) is 5.75 Å². The summed E-state index contributed by atoms with van der Waals surface area (Å²) in [6.45, 7) is 0.881. The van der Waals surface area contributed by atoms with Gasteiger partial charge in [0.05, 0.1) is 19.9 Å². The van der Waals surface area contributed by atoms with Gasteiger partial charge in [-0.2, -0.15) is 4.37 Å². The lowest BCUT2D eigenvalue weighted by Crippen LogP contribution is -2.27. The Morgan fingerprint density at radius 3 is 2.79 bits per heavy atom. The average molecular weight is 467 g/mol. The number of carbonyl (C=O) groups is 1. The van der Waals surface area contributed by atoms with Gasteiger partial charge in [-0.05, 0) is 54.1 Å². The summed E-state index contributed by atoms with van der Waals surface area (Å²) in [7, 11) is 1.64. The average Bonchev–Trinajstić information content (AvgIpc) is 3.50. The molecule has 0 fully saturated rings. The molecule has 0 atom stereocenters. The molecule has 0 spiro atoms. The molecule has 0 aliphatic carbocycles. The van der Waals surface area contributed by atoms with Gasteiger partial charge in [-0.3, -0.25) is 4.79 Å². The first-order valence-corrected chi connectivity index (χ1v) is 11.1. The number of rotatable bonds is 10. The van der Waals surface area contributed by atoms with Crippen LogP contribution < -0.4 is 15.0 Å². The monoisotopic (exact) mass is 466 g/mol. The lowest BCUT2D eigenvalue weighted by Gasteiger charge is -2.20. The smallest absolute Gasteiger partial charge is 0.226 e.